The van der Waals surface area contributed by atoms with Gasteiger partial charge in [0, 0.05) is 31.8 Å². The zero-order valence-corrected chi connectivity index (χ0v) is 18.8. The van der Waals surface area contributed by atoms with Crippen LogP contribution in [0, 0.1) is 11.8 Å². The summed E-state index contributed by atoms with van der Waals surface area (Å²) >= 11 is 1.31. The summed E-state index contributed by atoms with van der Waals surface area (Å²) in [5.41, 5.74) is 2.04. The van der Waals surface area contributed by atoms with Crippen LogP contribution in [-0.2, 0) is 9.59 Å². The lowest BCUT2D eigenvalue weighted by molar-refractivity contribution is -0.128. The highest BCUT2D eigenvalue weighted by Crippen LogP contribution is 2.28. The van der Waals surface area contributed by atoms with Gasteiger partial charge in [-0.1, -0.05) is 45.5 Å². The SMILES string of the molecule is CC[C@@H](C)[C@@H](NC(=O)CC(C)C)C(=O)Nc1nnc(-c2ccc(N(C)C)cc2)s1. The van der Waals surface area contributed by atoms with E-state index in [1.807, 2.05) is 71.0 Å². The fourth-order valence-electron chi connectivity index (χ4n) is 2.78. The number of amides is 2. The number of nitrogens with zero attached hydrogens (tertiary/aromatic N) is 3. The fraction of sp³-hybridized carbons (Fsp3) is 0.524. The molecule has 2 rings (SSSR count). The van der Waals surface area contributed by atoms with Crippen molar-refractivity contribution >= 4 is 34.0 Å². The topological polar surface area (TPSA) is 87.2 Å². The molecule has 0 aliphatic heterocycles. The molecule has 0 saturated carbocycles. The van der Waals surface area contributed by atoms with Gasteiger partial charge < -0.3 is 10.2 Å². The maximum Gasteiger partial charge on any atom is 0.249 e. The number of aromatic nitrogens is 2. The van der Waals surface area contributed by atoms with Crippen LogP contribution in [0.4, 0.5) is 10.8 Å². The predicted molar refractivity (Wildman–Crippen MR) is 119 cm³/mol. The molecule has 0 saturated heterocycles. The molecule has 1 aromatic heterocycles. The van der Waals surface area contributed by atoms with Crippen LogP contribution in [0.2, 0.25) is 0 Å². The maximum atomic E-state index is 12.8. The molecule has 1 heterocycles. The van der Waals surface area contributed by atoms with E-state index >= 15 is 0 Å². The summed E-state index contributed by atoms with van der Waals surface area (Å²) in [4.78, 5) is 27.0. The third kappa shape index (κ3) is 6.52. The first kappa shape index (κ1) is 22.8. The minimum absolute atomic E-state index is 0.0112. The Hall–Kier alpha value is -2.48. The maximum absolute atomic E-state index is 12.8. The summed E-state index contributed by atoms with van der Waals surface area (Å²) in [7, 11) is 3.97. The first-order valence-corrected chi connectivity index (χ1v) is 10.7. The van der Waals surface area contributed by atoms with Crippen molar-refractivity contribution in [2.24, 2.45) is 11.8 Å². The molecule has 8 heteroatoms. The van der Waals surface area contributed by atoms with Gasteiger partial charge in [0.2, 0.25) is 16.9 Å². The normalized spacial score (nSPS) is 13.1. The van der Waals surface area contributed by atoms with Gasteiger partial charge in [-0.15, -0.1) is 10.2 Å². The number of anilines is 2. The van der Waals surface area contributed by atoms with Gasteiger partial charge in [-0.3, -0.25) is 14.9 Å². The minimum atomic E-state index is -0.599. The van der Waals surface area contributed by atoms with E-state index in [4.69, 9.17) is 0 Å². The molecule has 2 aromatic rings. The molecule has 2 N–H and O–H groups in total. The molecular formula is C21H31N5O2S. The molecule has 0 radical (unpaired) electrons. The summed E-state index contributed by atoms with van der Waals surface area (Å²) in [6.07, 6.45) is 1.17. The standard InChI is InChI=1S/C21H31N5O2S/c1-7-14(4)18(22-17(27)12-13(2)3)19(28)23-21-25-24-20(29-21)15-8-10-16(11-9-15)26(5)6/h8-11,13-14,18H,7,12H2,1-6H3,(H,22,27)(H,23,25,28)/t14-,18-/m1/s1. The Morgan fingerprint density at radius 2 is 1.76 bits per heavy atom. The molecule has 0 aliphatic rings. The van der Waals surface area contributed by atoms with E-state index in [9.17, 15) is 9.59 Å². The number of rotatable bonds is 9. The zero-order chi connectivity index (χ0) is 21.6. The van der Waals surface area contributed by atoms with E-state index in [1.165, 1.54) is 11.3 Å². The highest BCUT2D eigenvalue weighted by atomic mass is 32.1. The second-order valence-corrected chi connectivity index (χ2v) is 8.85. The van der Waals surface area contributed by atoms with Gasteiger partial charge in [-0.25, -0.2) is 0 Å². The van der Waals surface area contributed by atoms with Gasteiger partial charge in [0.25, 0.3) is 0 Å². The van der Waals surface area contributed by atoms with E-state index in [2.05, 4.69) is 20.8 Å². The van der Waals surface area contributed by atoms with Gasteiger partial charge in [-0.2, -0.15) is 0 Å². The van der Waals surface area contributed by atoms with E-state index in [-0.39, 0.29) is 23.7 Å². The van der Waals surface area contributed by atoms with Gasteiger partial charge in [0.05, 0.1) is 0 Å². The lowest BCUT2D eigenvalue weighted by Gasteiger charge is -2.23. The van der Waals surface area contributed by atoms with Crippen LogP contribution >= 0.6 is 11.3 Å². The van der Waals surface area contributed by atoms with Crippen molar-refractivity contribution in [3.63, 3.8) is 0 Å². The monoisotopic (exact) mass is 417 g/mol. The lowest BCUT2D eigenvalue weighted by atomic mass is 9.97. The van der Waals surface area contributed by atoms with Crippen LogP contribution in [0.3, 0.4) is 0 Å². The second kappa shape index (κ2) is 10.3. The Labute approximate surface area is 176 Å². The van der Waals surface area contributed by atoms with Gasteiger partial charge in [-0.05, 0) is 36.1 Å². The number of carbonyl (C=O) groups is 2. The van der Waals surface area contributed by atoms with Crippen molar-refractivity contribution in [3.8, 4) is 10.6 Å². The van der Waals surface area contributed by atoms with Crippen molar-refractivity contribution in [1.82, 2.24) is 15.5 Å². The first-order chi connectivity index (χ1) is 13.7. The Balaban J connectivity index is 2.08. The molecule has 2 amide bonds. The highest BCUT2D eigenvalue weighted by molar-refractivity contribution is 7.18. The molecule has 0 aliphatic carbocycles. The van der Waals surface area contributed by atoms with Crippen molar-refractivity contribution in [1.29, 1.82) is 0 Å². The second-order valence-electron chi connectivity index (χ2n) is 7.87. The number of hydrogen-bond donors (Lipinski definition) is 2. The molecule has 0 spiro atoms. The molecule has 1 aromatic carbocycles. The van der Waals surface area contributed by atoms with Crippen LogP contribution in [0.25, 0.3) is 10.6 Å². The van der Waals surface area contributed by atoms with E-state index in [0.717, 1.165) is 22.7 Å². The van der Waals surface area contributed by atoms with E-state index in [1.54, 1.807) is 0 Å². The fourth-order valence-corrected chi connectivity index (χ4v) is 3.53. The average Bonchev–Trinajstić information content (AvgIpc) is 3.13. The summed E-state index contributed by atoms with van der Waals surface area (Å²) in [5.74, 6) is -0.126. The first-order valence-electron chi connectivity index (χ1n) is 9.92. The van der Waals surface area contributed by atoms with Crippen LogP contribution in [0.15, 0.2) is 24.3 Å². The Bertz CT molecular complexity index is 817. The van der Waals surface area contributed by atoms with E-state index in [0.29, 0.717) is 11.6 Å². The van der Waals surface area contributed by atoms with Crippen LogP contribution in [-0.4, -0.2) is 42.1 Å². The van der Waals surface area contributed by atoms with E-state index < -0.39 is 6.04 Å². The Morgan fingerprint density at radius 3 is 2.31 bits per heavy atom. The van der Waals surface area contributed by atoms with Crippen molar-refractivity contribution in [2.75, 3.05) is 24.3 Å². The summed E-state index contributed by atoms with van der Waals surface area (Å²) in [6, 6.07) is 7.39. The van der Waals surface area contributed by atoms with Gasteiger partial charge in [0.15, 0.2) is 0 Å². The lowest BCUT2D eigenvalue weighted by Crippen LogP contribution is -2.47. The smallest absolute Gasteiger partial charge is 0.249 e. The third-order valence-corrected chi connectivity index (χ3v) is 5.58. The average molecular weight is 418 g/mol. The van der Waals surface area contributed by atoms with Crippen LogP contribution in [0.5, 0.6) is 0 Å². The molecule has 7 nitrogen and oxygen atoms in total. The van der Waals surface area contributed by atoms with Crippen LogP contribution < -0.4 is 15.5 Å². The predicted octanol–water partition coefficient (Wildman–Crippen LogP) is 3.79. The van der Waals surface area contributed by atoms with Crippen molar-refractivity contribution in [3.05, 3.63) is 24.3 Å². The zero-order valence-electron chi connectivity index (χ0n) is 18.0. The Kier molecular flexibility index (Phi) is 8.13. The molecule has 0 unspecified atom stereocenters. The summed E-state index contributed by atoms with van der Waals surface area (Å²) in [5, 5.41) is 15.1. The number of benzene rings is 1. The number of hydrogen-bond acceptors (Lipinski definition) is 6. The molecule has 0 fully saturated rings. The van der Waals surface area contributed by atoms with Crippen molar-refractivity contribution < 1.29 is 9.59 Å². The molecule has 29 heavy (non-hydrogen) atoms. The summed E-state index contributed by atoms with van der Waals surface area (Å²) in [6.45, 7) is 7.91. The minimum Gasteiger partial charge on any atom is -0.378 e. The van der Waals surface area contributed by atoms with Crippen molar-refractivity contribution in [2.45, 2.75) is 46.6 Å². The molecule has 0 bridgehead atoms. The molecule has 2 atom stereocenters. The highest BCUT2D eigenvalue weighted by Gasteiger charge is 2.27. The Morgan fingerprint density at radius 1 is 1.10 bits per heavy atom. The van der Waals surface area contributed by atoms with Gasteiger partial charge in [0.1, 0.15) is 11.0 Å². The number of carbonyl (C=O) groups excluding carboxylic acids is 2. The largest absolute Gasteiger partial charge is 0.378 e. The summed E-state index contributed by atoms with van der Waals surface area (Å²) < 4.78 is 0. The quantitative estimate of drug-likeness (QED) is 0.648. The molecule has 158 valence electrons. The number of nitrogens with one attached hydrogen (secondary N) is 2. The third-order valence-electron chi connectivity index (χ3n) is 4.69. The van der Waals surface area contributed by atoms with Gasteiger partial charge >= 0.3 is 0 Å². The molecular weight excluding hydrogens is 386 g/mol. The van der Waals surface area contributed by atoms with Crippen LogP contribution in [0.1, 0.15) is 40.5 Å².